The van der Waals surface area contributed by atoms with Crippen LogP contribution in [-0.2, 0) is 0 Å². The summed E-state index contributed by atoms with van der Waals surface area (Å²) in [5.74, 6) is 0.695. The highest BCUT2D eigenvalue weighted by Crippen LogP contribution is 2.10. The molecule has 0 unspecified atom stereocenters. The normalized spacial score (nSPS) is 10.4. The summed E-state index contributed by atoms with van der Waals surface area (Å²) in [5, 5.41) is 0. The molecule has 120 valence electrons. The average molecular weight is 526 g/mol. The molecule has 0 fully saturated rings. The first-order valence-electron chi connectivity index (χ1n) is 6.95. The minimum Gasteiger partial charge on any atom is -0.475 e. The first kappa shape index (κ1) is 19.4. The van der Waals surface area contributed by atoms with E-state index in [1.54, 1.807) is 16.8 Å². The Bertz CT molecular complexity index is 637. The lowest BCUT2D eigenvalue weighted by molar-refractivity contribution is 0.232. The van der Waals surface area contributed by atoms with E-state index in [1.165, 1.54) is 0 Å². The van der Waals surface area contributed by atoms with Crippen molar-refractivity contribution >= 4 is 45.2 Å². The predicted octanol–water partition coefficient (Wildman–Crippen LogP) is 4.51. The smallest absolute Gasteiger partial charge is 0.250 e. The maximum Gasteiger partial charge on any atom is 0.250 e. The van der Waals surface area contributed by atoms with Crippen molar-refractivity contribution in [1.29, 1.82) is 0 Å². The van der Waals surface area contributed by atoms with Gasteiger partial charge in [0.1, 0.15) is 0 Å². The molecule has 22 heavy (non-hydrogen) atoms. The van der Waals surface area contributed by atoms with Gasteiger partial charge in [0.25, 0.3) is 5.56 Å². The number of nitrogens with zero attached hydrogens (tertiary/aromatic N) is 2. The Balaban J connectivity index is 0.000000220. The van der Waals surface area contributed by atoms with Gasteiger partial charge in [0, 0.05) is 37.7 Å². The fourth-order valence-electron chi connectivity index (χ4n) is 1.55. The Morgan fingerprint density at radius 3 is 2.14 bits per heavy atom. The van der Waals surface area contributed by atoms with E-state index >= 15 is 0 Å². The molecular formula is C16H20I2N2O2. The van der Waals surface area contributed by atoms with Crippen LogP contribution in [0.2, 0.25) is 0 Å². The van der Waals surface area contributed by atoms with Gasteiger partial charge in [-0.25, -0.2) is 4.98 Å². The SMILES string of the molecule is CC(C)Oc1ccc(I)cn1.CC(C)n1cc(I)ccc1=O. The van der Waals surface area contributed by atoms with Crippen molar-refractivity contribution in [3.05, 3.63) is 54.2 Å². The Hall–Kier alpha value is -0.640. The van der Waals surface area contributed by atoms with Crippen LogP contribution in [0.3, 0.4) is 0 Å². The molecular weight excluding hydrogens is 506 g/mol. The second-order valence-corrected chi connectivity index (χ2v) is 7.66. The molecule has 2 aromatic heterocycles. The van der Waals surface area contributed by atoms with Crippen LogP contribution in [0.1, 0.15) is 33.7 Å². The molecule has 2 rings (SSSR count). The molecule has 0 saturated carbocycles. The molecule has 0 aliphatic carbocycles. The van der Waals surface area contributed by atoms with Gasteiger partial charge in [-0.3, -0.25) is 4.79 Å². The molecule has 0 atom stereocenters. The highest BCUT2D eigenvalue weighted by molar-refractivity contribution is 14.1. The van der Waals surface area contributed by atoms with Crippen LogP contribution in [0, 0.1) is 7.14 Å². The van der Waals surface area contributed by atoms with E-state index in [0.717, 1.165) is 7.14 Å². The van der Waals surface area contributed by atoms with E-state index in [2.05, 4.69) is 50.2 Å². The minimum atomic E-state index is 0.0698. The number of hydrogen-bond acceptors (Lipinski definition) is 3. The third-order valence-electron chi connectivity index (χ3n) is 2.52. The summed E-state index contributed by atoms with van der Waals surface area (Å²) in [5.41, 5.74) is 0.0698. The largest absolute Gasteiger partial charge is 0.475 e. The lowest BCUT2D eigenvalue weighted by Crippen LogP contribution is -2.20. The second-order valence-electron chi connectivity index (χ2n) is 5.17. The quantitative estimate of drug-likeness (QED) is 0.554. The monoisotopic (exact) mass is 526 g/mol. The molecule has 0 aliphatic rings. The first-order valence-corrected chi connectivity index (χ1v) is 9.11. The third kappa shape index (κ3) is 7.08. The van der Waals surface area contributed by atoms with E-state index in [1.807, 2.05) is 52.1 Å². The molecule has 2 heterocycles. The van der Waals surface area contributed by atoms with Crippen molar-refractivity contribution in [3.63, 3.8) is 0 Å². The van der Waals surface area contributed by atoms with Crippen molar-refractivity contribution in [3.8, 4) is 5.88 Å². The maximum absolute atomic E-state index is 11.2. The van der Waals surface area contributed by atoms with Crippen molar-refractivity contribution in [2.75, 3.05) is 0 Å². The molecule has 4 nitrogen and oxygen atoms in total. The fourth-order valence-corrected chi connectivity index (χ4v) is 2.35. The first-order chi connectivity index (χ1) is 10.3. The number of ether oxygens (including phenoxy) is 1. The van der Waals surface area contributed by atoms with Gasteiger partial charge in [0.15, 0.2) is 0 Å². The van der Waals surface area contributed by atoms with Crippen molar-refractivity contribution in [2.24, 2.45) is 0 Å². The van der Waals surface area contributed by atoms with Crippen molar-refractivity contribution in [2.45, 2.75) is 39.8 Å². The van der Waals surface area contributed by atoms with Gasteiger partial charge in [-0.15, -0.1) is 0 Å². The van der Waals surface area contributed by atoms with E-state index in [4.69, 9.17) is 4.74 Å². The van der Waals surface area contributed by atoms with Gasteiger partial charge in [0.2, 0.25) is 5.88 Å². The third-order valence-corrected chi connectivity index (χ3v) is 3.79. The molecule has 0 radical (unpaired) electrons. The average Bonchev–Trinajstić information content (AvgIpc) is 2.44. The molecule has 0 aliphatic heterocycles. The number of aromatic nitrogens is 2. The van der Waals surface area contributed by atoms with Gasteiger partial charge >= 0.3 is 0 Å². The summed E-state index contributed by atoms with van der Waals surface area (Å²) in [6.07, 6.45) is 3.86. The molecule has 0 N–H and O–H groups in total. The topological polar surface area (TPSA) is 44.1 Å². The van der Waals surface area contributed by atoms with E-state index in [9.17, 15) is 4.79 Å². The lowest BCUT2D eigenvalue weighted by Gasteiger charge is -2.08. The number of hydrogen-bond donors (Lipinski definition) is 0. The standard InChI is InChI=1S/2C8H10INO/c1-6(2)11-8-4-3-7(9)5-10-8;1-6(2)10-5-7(9)3-4-8(10)11/h2*3-6H,1-2H3. The Labute approximate surface area is 158 Å². The summed E-state index contributed by atoms with van der Waals surface area (Å²) < 4.78 is 9.30. The van der Waals surface area contributed by atoms with E-state index < -0.39 is 0 Å². The van der Waals surface area contributed by atoms with Crippen LogP contribution in [0.25, 0.3) is 0 Å². The number of halogens is 2. The number of rotatable bonds is 3. The van der Waals surface area contributed by atoms with Crippen LogP contribution >= 0.6 is 45.2 Å². The minimum absolute atomic E-state index is 0.0698. The highest BCUT2D eigenvalue weighted by atomic mass is 127. The maximum atomic E-state index is 11.2. The lowest BCUT2D eigenvalue weighted by atomic mass is 10.3. The van der Waals surface area contributed by atoms with E-state index in [0.29, 0.717) is 5.88 Å². The Morgan fingerprint density at radius 1 is 1.05 bits per heavy atom. The predicted molar refractivity (Wildman–Crippen MR) is 107 cm³/mol. The Kier molecular flexibility index (Phi) is 8.37. The van der Waals surface area contributed by atoms with Gasteiger partial charge in [-0.05, 0) is 85.0 Å². The second kappa shape index (κ2) is 9.49. The fraction of sp³-hybridized carbons (Fsp3) is 0.375. The summed E-state index contributed by atoms with van der Waals surface area (Å²) in [4.78, 5) is 15.3. The summed E-state index contributed by atoms with van der Waals surface area (Å²) in [7, 11) is 0. The van der Waals surface area contributed by atoms with Gasteiger partial charge < -0.3 is 9.30 Å². The summed E-state index contributed by atoms with van der Waals surface area (Å²) in [6.45, 7) is 7.97. The van der Waals surface area contributed by atoms with Crippen LogP contribution in [0.5, 0.6) is 5.88 Å². The molecule has 0 aromatic carbocycles. The molecule has 6 heteroatoms. The Morgan fingerprint density at radius 2 is 1.68 bits per heavy atom. The molecule has 0 amide bonds. The molecule has 0 bridgehead atoms. The molecule has 0 spiro atoms. The van der Waals surface area contributed by atoms with Crippen LogP contribution in [0.15, 0.2) is 41.5 Å². The highest BCUT2D eigenvalue weighted by Gasteiger charge is 1.99. The van der Waals surface area contributed by atoms with Gasteiger partial charge in [0.05, 0.1) is 6.10 Å². The van der Waals surface area contributed by atoms with Crippen LogP contribution in [0.4, 0.5) is 0 Å². The zero-order chi connectivity index (χ0) is 16.7. The van der Waals surface area contributed by atoms with E-state index in [-0.39, 0.29) is 17.7 Å². The van der Waals surface area contributed by atoms with Crippen LogP contribution in [-0.4, -0.2) is 15.7 Å². The van der Waals surface area contributed by atoms with Gasteiger partial charge in [-0.2, -0.15) is 0 Å². The van der Waals surface area contributed by atoms with Crippen molar-refractivity contribution in [1.82, 2.24) is 9.55 Å². The van der Waals surface area contributed by atoms with Crippen LogP contribution < -0.4 is 10.3 Å². The summed E-state index contributed by atoms with van der Waals surface area (Å²) in [6, 6.07) is 7.52. The van der Waals surface area contributed by atoms with Crippen molar-refractivity contribution < 1.29 is 4.74 Å². The summed E-state index contributed by atoms with van der Waals surface area (Å²) >= 11 is 4.41. The zero-order valence-electron chi connectivity index (χ0n) is 13.1. The molecule has 0 saturated heterocycles. The number of pyridine rings is 2. The molecule has 2 aromatic rings. The van der Waals surface area contributed by atoms with Gasteiger partial charge in [-0.1, -0.05) is 0 Å². The zero-order valence-corrected chi connectivity index (χ0v) is 17.4.